The Labute approximate surface area is 126 Å². The summed E-state index contributed by atoms with van der Waals surface area (Å²) in [5.41, 5.74) is 6.49. The van der Waals surface area contributed by atoms with Gasteiger partial charge in [-0.1, -0.05) is 26.2 Å². The lowest BCUT2D eigenvalue weighted by Crippen LogP contribution is -2.23. The summed E-state index contributed by atoms with van der Waals surface area (Å²) < 4.78 is 7.10. The zero-order chi connectivity index (χ0) is 15.4. The molecule has 0 bridgehead atoms. The molecular weight excluding hydrogens is 266 g/mol. The topological polar surface area (TPSA) is 70.1 Å². The number of aromatic nitrogens is 2. The third-order valence-electron chi connectivity index (χ3n) is 4.54. The molecule has 2 N–H and O–H groups in total. The molecule has 1 unspecified atom stereocenters. The van der Waals surface area contributed by atoms with E-state index in [2.05, 4.69) is 16.5 Å². The van der Waals surface area contributed by atoms with E-state index in [0.717, 1.165) is 12.2 Å². The summed E-state index contributed by atoms with van der Waals surface area (Å²) in [6, 6.07) is 0.334. The van der Waals surface area contributed by atoms with E-state index in [4.69, 9.17) is 10.5 Å². The Morgan fingerprint density at radius 1 is 1.38 bits per heavy atom. The first-order valence-electron chi connectivity index (χ1n) is 8.11. The molecule has 1 atom stereocenters. The Kier molecular flexibility index (Phi) is 5.26. The van der Waals surface area contributed by atoms with Crippen LogP contribution in [0.4, 0.5) is 5.82 Å². The van der Waals surface area contributed by atoms with Crippen molar-refractivity contribution >= 4 is 11.8 Å². The number of nitrogens with two attached hydrogens (primary N) is 1. The Hall–Kier alpha value is -1.52. The lowest BCUT2D eigenvalue weighted by Gasteiger charge is -2.32. The van der Waals surface area contributed by atoms with Crippen molar-refractivity contribution in [1.82, 2.24) is 9.55 Å². The van der Waals surface area contributed by atoms with Crippen LogP contribution in [0.2, 0.25) is 0 Å². The summed E-state index contributed by atoms with van der Waals surface area (Å²) in [4.78, 5) is 16.3. The van der Waals surface area contributed by atoms with Gasteiger partial charge in [-0.15, -0.1) is 0 Å². The van der Waals surface area contributed by atoms with Gasteiger partial charge in [-0.25, -0.2) is 9.78 Å². The summed E-state index contributed by atoms with van der Waals surface area (Å²) in [6.45, 7) is 6.23. The van der Waals surface area contributed by atoms with Gasteiger partial charge in [0, 0.05) is 6.04 Å². The SMILES string of the molecule is CCOC(=O)c1nc(C)n(C(CC)C2CCCCC2)c1N. The fourth-order valence-corrected chi connectivity index (χ4v) is 3.58. The van der Waals surface area contributed by atoms with Gasteiger partial charge >= 0.3 is 5.97 Å². The summed E-state index contributed by atoms with van der Waals surface area (Å²) in [7, 11) is 0. The van der Waals surface area contributed by atoms with E-state index in [1.165, 1.54) is 32.1 Å². The van der Waals surface area contributed by atoms with Crippen LogP contribution in [-0.2, 0) is 4.74 Å². The first kappa shape index (κ1) is 15.9. The van der Waals surface area contributed by atoms with Crippen molar-refractivity contribution in [2.24, 2.45) is 5.92 Å². The number of anilines is 1. The van der Waals surface area contributed by atoms with Crippen molar-refractivity contribution in [2.75, 3.05) is 12.3 Å². The van der Waals surface area contributed by atoms with Crippen molar-refractivity contribution in [2.45, 2.75) is 65.3 Å². The maximum absolute atomic E-state index is 11.9. The molecule has 118 valence electrons. The van der Waals surface area contributed by atoms with Crippen molar-refractivity contribution in [3.05, 3.63) is 11.5 Å². The molecule has 1 saturated carbocycles. The van der Waals surface area contributed by atoms with Gasteiger partial charge in [-0.05, 0) is 39.0 Å². The van der Waals surface area contributed by atoms with Gasteiger partial charge in [0.05, 0.1) is 6.61 Å². The summed E-state index contributed by atoms with van der Waals surface area (Å²) >= 11 is 0. The molecule has 0 amide bonds. The Bertz CT molecular complexity index is 490. The lowest BCUT2D eigenvalue weighted by molar-refractivity contribution is 0.0521. The molecule has 5 nitrogen and oxygen atoms in total. The van der Waals surface area contributed by atoms with Gasteiger partial charge in [0.1, 0.15) is 11.6 Å². The fourth-order valence-electron chi connectivity index (χ4n) is 3.58. The normalized spacial score (nSPS) is 17.7. The summed E-state index contributed by atoms with van der Waals surface area (Å²) in [5.74, 6) is 1.49. The monoisotopic (exact) mass is 293 g/mol. The minimum Gasteiger partial charge on any atom is -0.461 e. The number of hydrogen-bond donors (Lipinski definition) is 1. The second kappa shape index (κ2) is 6.96. The zero-order valence-electron chi connectivity index (χ0n) is 13.4. The molecule has 0 aliphatic heterocycles. The molecule has 1 fully saturated rings. The molecule has 1 heterocycles. The number of nitrogen functional groups attached to an aromatic ring is 1. The first-order chi connectivity index (χ1) is 10.1. The summed E-state index contributed by atoms with van der Waals surface area (Å²) in [6.07, 6.45) is 7.40. The Balaban J connectivity index is 2.30. The second-order valence-corrected chi connectivity index (χ2v) is 5.86. The number of aryl methyl sites for hydroxylation is 1. The number of rotatable bonds is 5. The number of carbonyl (C=O) groups excluding carboxylic acids is 1. The molecule has 1 aromatic rings. The first-order valence-corrected chi connectivity index (χ1v) is 8.11. The van der Waals surface area contributed by atoms with E-state index >= 15 is 0 Å². The highest BCUT2D eigenvalue weighted by molar-refractivity contribution is 5.92. The maximum Gasteiger partial charge on any atom is 0.360 e. The molecule has 0 aromatic carbocycles. The standard InChI is InChI=1S/C16H27N3O2/c1-4-13(12-9-7-6-8-10-12)19-11(3)18-14(15(19)17)16(20)21-5-2/h12-13H,4-10,17H2,1-3H3. The average Bonchev–Trinajstić information content (AvgIpc) is 2.78. The summed E-state index contributed by atoms with van der Waals surface area (Å²) in [5, 5.41) is 0. The number of carbonyl (C=O) groups is 1. The molecular formula is C16H27N3O2. The van der Waals surface area contributed by atoms with Gasteiger partial charge in [-0.3, -0.25) is 0 Å². The van der Waals surface area contributed by atoms with Crippen LogP contribution in [0.5, 0.6) is 0 Å². The van der Waals surface area contributed by atoms with Crippen molar-refractivity contribution in [3.8, 4) is 0 Å². The highest BCUT2D eigenvalue weighted by Gasteiger charge is 2.29. The van der Waals surface area contributed by atoms with Crippen molar-refractivity contribution < 1.29 is 9.53 Å². The minimum atomic E-state index is -0.421. The largest absolute Gasteiger partial charge is 0.461 e. The van der Waals surface area contributed by atoms with Crippen LogP contribution in [0.1, 0.15) is 74.7 Å². The van der Waals surface area contributed by atoms with Crippen LogP contribution in [0.25, 0.3) is 0 Å². The van der Waals surface area contributed by atoms with E-state index in [1.807, 2.05) is 6.92 Å². The second-order valence-electron chi connectivity index (χ2n) is 5.86. The van der Waals surface area contributed by atoms with Gasteiger partial charge in [0.2, 0.25) is 0 Å². The van der Waals surface area contributed by atoms with Crippen LogP contribution < -0.4 is 5.73 Å². The van der Waals surface area contributed by atoms with E-state index in [1.54, 1.807) is 6.92 Å². The van der Waals surface area contributed by atoms with Gasteiger partial charge < -0.3 is 15.0 Å². The molecule has 2 rings (SSSR count). The van der Waals surface area contributed by atoms with Gasteiger partial charge in [0.15, 0.2) is 5.69 Å². The molecule has 0 spiro atoms. The van der Waals surface area contributed by atoms with E-state index in [-0.39, 0.29) is 5.69 Å². The van der Waals surface area contributed by atoms with E-state index in [0.29, 0.717) is 24.4 Å². The predicted octanol–water partition coefficient (Wildman–Crippen LogP) is 3.48. The number of hydrogen-bond acceptors (Lipinski definition) is 4. The third-order valence-corrected chi connectivity index (χ3v) is 4.54. The van der Waals surface area contributed by atoms with E-state index in [9.17, 15) is 4.79 Å². The molecule has 0 saturated heterocycles. The third kappa shape index (κ3) is 3.22. The van der Waals surface area contributed by atoms with Gasteiger partial charge in [0.25, 0.3) is 0 Å². The number of esters is 1. The average molecular weight is 293 g/mol. The van der Waals surface area contributed by atoms with Crippen molar-refractivity contribution in [1.29, 1.82) is 0 Å². The number of ether oxygens (including phenoxy) is 1. The smallest absolute Gasteiger partial charge is 0.360 e. The molecule has 21 heavy (non-hydrogen) atoms. The predicted molar refractivity (Wildman–Crippen MR) is 83.2 cm³/mol. The molecule has 1 aliphatic rings. The van der Waals surface area contributed by atoms with E-state index < -0.39 is 5.97 Å². The van der Waals surface area contributed by atoms with Crippen LogP contribution in [0, 0.1) is 12.8 Å². The number of nitrogens with zero attached hydrogens (tertiary/aromatic N) is 2. The lowest BCUT2D eigenvalue weighted by atomic mass is 9.82. The highest BCUT2D eigenvalue weighted by atomic mass is 16.5. The quantitative estimate of drug-likeness (QED) is 0.844. The van der Waals surface area contributed by atoms with Crippen LogP contribution in [0.15, 0.2) is 0 Å². The maximum atomic E-state index is 11.9. The zero-order valence-corrected chi connectivity index (χ0v) is 13.4. The fraction of sp³-hybridized carbons (Fsp3) is 0.750. The molecule has 5 heteroatoms. The molecule has 0 radical (unpaired) electrons. The van der Waals surface area contributed by atoms with Crippen molar-refractivity contribution in [3.63, 3.8) is 0 Å². The minimum absolute atomic E-state index is 0.267. The number of imidazole rings is 1. The van der Waals surface area contributed by atoms with Crippen LogP contribution >= 0.6 is 0 Å². The Morgan fingerprint density at radius 3 is 2.62 bits per heavy atom. The van der Waals surface area contributed by atoms with Gasteiger partial charge in [-0.2, -0.15) is 0 Å². The molecule has 1 aromatic heterocycles. The van der Waals surface area contributed by atoms with Crippen LogP contribution in [-0.4, -0.2) is 22.1 Å². The highest BCUT2D eigenvalue weighted by Crippen LogP contribution is 2.37. The Morgan fingerprint density at radius 2 is 2.05 bits per heavy atom. The molecule has 1 aliphatic carbocycles. The van der Waals surface area contributed by atoms with Crippen LogP contribution in [0.3, 0.4) is 0 Å².